The molecule has 0 bridgehead atoms. The van der Waals surface area contributed by atoms with Crippen molar-refractivity contribution in [2.24, 2.45) is 0 Å². The van der Waals surface area contributed by atoms with Gasteiger partial charge in [-0.3, -0.25) is 0 Å². The minimum atomic E-state index is 0.777. The van der Waals surface area contributed by atoms with Gasteiger partial charge >= 0.3 is 0 Å². The summed E-state index contributed by atoms with van der Waals surface area (Å²) in [5, 5.41) is 3.63. The van der Waals surface area contributed by atoms with Crippen LogP contribution in [0.2, 0.25) is 0 Å². The van der Waals surface area contributed by atoms with Crippen molar-refractivity contribution in [3.05, 3.63) is 24.3 Å². The first-order valence-electron chi connectivity index (χ1n) is 12.0. The van der Waals surface area contributed by atoms with Crippen LogP contribution < -0.4 is 10.2 Å². The van der Waals surface area contributed by atoms with Gasteiger partial charge in [0.15, 0.2) is 0 Å². The molecule has 0 saturated heterocycles. The summed E-state index contributed by atoms with van der Waals surface area (Å²) in [6.07, 6.45) is 20.9. The Morgan fingerprint density at radius 2 is 1.30 bits per heavy atom. The highest BCUT2D eigenvalue weighted by Gasteiger charge is 2.28. The summed E-state index contributed by atoms with van der Waals surface area (Å²) in [6, 6.07) is 11.0. The van der Waals surface area contributed by atoms with Crippen LogP contribution in [0.5, 0.6) is 0 Å². The summed E-state index contributed by atoms with van der Waals surface area (Å²) in [5.41, 5.74) is 2.77. The van der Waals surface area contributed by atoms with E-state index in [0.29, 0.717) is 0 Å². The smallest absolute Gasteiger partial charge is 0.0372 e. The van der Waals surface area contributed by atoms with Crippen molar-refractivity contribution < 1.29 is 0 Å². The number of nitrogens with one attached hydrogen (secondary N) is 1. The van der Waals surface area contributed by atoms with Crippen LogP contribution in [0.15, 0.2) is 24.3 Å². The Hall–Kier alpha value is -1.18. The standard InChI is InChI=1S/C25H42N2/c1-2-3-4-5-12-21-26-22-17-19-25(20-18-22)27(23-13-8-6-9-14-23)24-15-10-7-11-16-24/h17-20,23-24,26H,2-16,21H2,1H3. The molecule has 2 fully saturated rings. The Bertz CT molecular complexity index is 480. The number of rotatable bonds is 10. The molecule has 1 N–H and O–H groups in total. The SMILES string of the molecule is CCCCCCCNc1ccc(N(C2CCCCC2)C2CCCCC2)cc1. The summed E-state index contributed by atoms with van der Waals surface area (Å²) in [5.74, 6) is 0. The average molecular weight is 371 g/mol. The maximum Gasteiger partial charge on any atom is 0.0372 e. The molecule has 0 amide bonds. The first kappa shape index (κ1) is 20.6. The molecular weight excluding hydrogens is 328 g/mol. The van der Waals surface area contributed by atoms with E-state index in [1.54, 1.807) is 0 Å². The van der Waals surface area contributed by atoms with Crippen LogP contribution in [0.3, 0.4) is 0 Å². The normalized spacial score (nSPS) is 19.1. The van der Waals surface area contributed by atoms with Gasteiger partial charge in [-0.05, 0) is 56.4 Å². The lowest BCUT2D eigenvalue weighted by Crippen LogP contribution is -2.45. The molecule has 3 rings (SSSR count). The van der Waals surface area contributed by atoms with Crippen molar-refractivity contribution in [3.63, 3.8) is 0 Å². The number of benzene rings is 1. The number of anilines is 2. The van der Waals surface area contributed by atoms with Gasteiger partial charge in [0.25, 0.3) is 0 Å². The van der Waals surface area contributed by atoms with Gasteiger partial charge in [0, 0.05) is 30.0 Å². The van der Waals surface area contributed by atoms with E-state index in [1.165, 1.54) is 108 Å². The second-order valence-corrected chi connectivity index (χ2v) is 8.88. The Morgan fingerprint density at radius 3 is 1.85 bits per heavy atom. The molecule has 0 atom stereocenters. The highest BCUT2D eigenvalue weighted by Crippen LogP contribution is 2.34. The average Bonchev–Trinajstić information content (AvgIpc) is 2.73. The molecule has 0 aliphatic heterocycles. The largest absolute Gasteiger partial charge is 0.385 e. The van der Waals surface area contributed by atoms with Crippen LogP contribution in [0.25, 0.3) is 0 Å². The van der Waals surface area contributed by atoms with Crippen LogP contribution in [-0.2, 0) is 0 Å². The van der Waals surface area contributed by atoms with E-state index in [9.17, 15) is 0 Å². The fourth-order valence-corrected chi connectivity index (χ4v) is 5.15. The molecular formula is C25H42N2. The highest BCUT2D eigenvalue weighted by molar-refractivity contribution is 5.56. The predicted octanol–water partition coefficient (Wildman–Crippen LogP) is 7.54. The highest BCUT2D eigenvalue weighted by atomic mass is 15.2. The summed E-state index contributed by atoms with van der Waals surface area (Å²) < 4.78 is 0. The summed E-state index contributed by atoms with van der Waals surface area (Å²) in [6.45, 7) is 3.39. The molecule has 0 unspecified atom stereocenters. The lowest BCUT2D eigenvalue weighted by molar-refractivity contribution is 0.340. The van der Waals surface area contributed by atoms with Crippen LogP contribution in [0, 0.1) is 0 Å². The molecule has 152 valence electrons. The Labute approximate surface area is 168 Å². The fraction of sp³-hybridized carbons (Fsp3) is 0.760. The van der Waals surface area contributed by atoms with Crippen molar-refractivity contribution in [2.75, 3.05) is 16.8 Å². The van der Waals surface area contributed by atoms with Crippen molar-refractivity contribution in [1.82, 2.24) is 0 Å². The molecule has 0 radical (unpaired) electrons. The third-order valence-corrected chi connectivity index (χ3v) is 6.71. The van der Waals surface area contributed by atoms with E-state index in [4.69, 9.17) is 0 Å². The zero-order chi connectivity index (χ0) is 18.7. The van der Waals surface area contributed by atoms with Gasteiger partial charge in [-0.1, -0.05) is 71.1 Å². The van der Waals surface area contributed by atoms with Crippen LogP contribution in [0.4, 0.5) is 11.4 Å². The number of hydrogen-bond acceptors (Lipinski definition) is 2. The van der Waals surface area contributed by atoms with Gasteiger partial charge in [-0.15, -0.1) is 0 Å². The second kappa shape index (κ2) is 11.6. The van der Waals surface area contributed by atoms with Crippen LogP contribution >= 0.6 is 0 Å². The monoisotopic (exact) mass is 370 g/mol. The lowest BCUT2D eigenvalue weighted by atomic mass is 9.88. The number of hydrogen-bond donors (Lipinski definition) is 1. The quantitative estimate of drug-likeness (QED) is 0.428. The van der Waals surface area contributed by atoms with Gasteiger partial charge in [0.1, 0.15) is 0 Å². The Kier molecular flexibility index (Phi) is 8.84. The zero-order valence-electron chi connectivity index (χ0n) is 17.7. The molecule has 2 saturated carbocycles. The minimum Gasteiger partial charge on any atom is -0.385 e. The molecule has 1 aromatic carbocycles. The maximum atomic E-state index is 3.63. The van der Waals surface area contributed by atoms with Gasteiger partial charge in [0.2, 0.25) is 0 Å². The number of unbranched alkanes of at least 4 members (excludes halogenated alkanes) is 4. The van der Waals surface area contributed by atoms with Gasteiger partial charge in [-0.25, -0.2) is 0 Å². The van der Waals surface area contributed by atoms with E-state index in [-0.39, 0.29) is 0 Å². The topological polar surface area (TPSA) is 15.3 Å². The molecule has 0 aromatic heterocycles. The maximum absolute atomic E-state index is 3.63. The fourth-order valence-electron chi connectivity index (χ4n) is 5.15. The van der Waals surface area contributed by atoms with Gasteiger partial charge in [0.05, 0.1) is 0 Å². The van der Waals surface area contributed by atoms with Crippen molar-refractivity contribution in [1.29, 1.82) is 0 Å². The van der Waals surface area contributed by atoms with Crippen LogP contribution in [0.1, 0.15) is 103 Å². The molecule has 1 aromatic rings. The molecule has 2 aliphatic carbocycles. The van der Waals surface area contributed by atoms with E-state index in [0.717, 1.165) is 18.6 Å². The third kappa shape index (κ3) is 6.43. The van der Waals surface area contributed by atoms with E-state index < -0.39 is 0 Å². The third-order valence-electron chi connectivity index (χ3n) is 6.71. The van der Waals surface area contributed by atoms with Crippen molar-refractivity contribution >= 4 is 11.4 Å². The molecule has 2 heteroatoms. The van der Waals surface area contributed by atoms with E-state index >= 15 is 0 Å². The van der Waals surface area contributed by atoms with Crippen molar-refractivity contribution in [3.8, 4) is 0 Å². The Morgan fingerprint density at radius 1 is 0.741 bits per heavy atom. The minimum absolute atomic E-state index is 0.777. The first-order valence-corrected chi connectivity index (χ1v) is 12.0. The summed E-state index contributed by atoms with van der Waals surface area (Å²) in [4.78, 5) is 2.84. The van der Waals surface area contributed by atoms with E-state index in [2.05, 4.69) is 41.4 Å². The molecule has 2 aliphatic rings. The van der Waals surface area contributed by atoms with Gasteiger partial charge < -0.3 is 10.2 Å². The van der Waals surface area contributed by atoms with Crippen LogP contribution in [-0.4, -0.2) is 18.6 Å². The molecule has 27 heavy (non-hydrogen) atoms. The summed E-state index contributed by atoms with van der Waals surface area (Å²) >= 11 is 0. The zero-order valence-corrected chi connectivity index (χ0v) is 17.7. The molecule has 2 nitrogen and oxygen atoms in total. The number of nitrogens with zero attached hydrogens (tertiary/aromatic N) is 1. The van der Waals surface area contributed by atoms with Crippen molar-refractivity contribution in [2.45, 2.75) is 115 Å². The lowest BCUT2D eigenvalue weighted by Gasteiger charge is -2.43. The summed E-state index contributed by atoms with van der Waals surface area (Å²) in [7, 11) is 0. The van der Waals surface area contributed by atoms with E-state index in [1.807, 2.05) is 0 Å². The molecule has 0 spiro atoms. The Balaban J connectivity index is 1.57. The second-order valence-electron chi connectivity index (χ2n) is 8.88. The first-order chi connectivity index (χ1) is 13.4. The predicted molar refractivity (Wildman–Crippen MR) is 120 cm³/mol. The molecule has 0 heterocycles. The van der Waals surface area contributed by atoms with Gasteiger partial charge in [-0.2, -0.15) is 0 Å².